The summed E-state index contributed by atoms with van der Waals surface area (Å²) in [5, 5.41) is 3.22. The zero-order valence-corrected chi connectivity index (χ0v) is 11.3. The van der Waals surface area contributed by atoms with E-state index in [2.05, 4.69) is 10.3 Å². The van der Waals surface area contributed by atoms with Crippen LogP contribution in [0.2, 0.25) is 0 Å². The maximum absolute atomic E-state index is 12.2. The van der Waals surface area contributed by atoms with Crippen LogP contribution in [0.1, 0.15) is 12.0 Å². The summed E-state index contributed by atoms with van der Waals surface area (Å²) in [7, 11) is 3.12. The molecular formula is C12H20N4O3. The van der Waals surface area contributed by atoms with E-state index >= 15 is 0 Å². The quantitative estimate of drug-likeness (QED) is 0.736. The molecule has 0 aromatic carbocycles. The topological polar surface area (TPSA) is 68.6 Å². The van der Waals surface area contributed by atoms with Crippen LogP contribution in [-0.2, 0) is 20.8 Å². The van der Waals surface area contributed by atoms with Gasteiger partial charge in [-0.2, -0.15) is 0 Å². The smallest absolute Gasteiger partial charge is 0.242 e. The molecule has 2 rings (SSSR count). The van der Waals surface area contributed by atoms with Crippen molar-refractivity contribution >= 4 is 5.91 Å². The molecule has 7 heteroatoms. The minimum atomic E-state index is -0.502. The van der Waals surface area contributed by atoms with Crippen LogP contribution in [0.15, 0.2) is 12.5 Å². The lowest BCUT2D eigenvalue weighted by Gasteiger charge is -2.28. The van der Waals surface area contributed by atoms with Crippen molar-refractivity contribution in [3.8, 4) is 0 Å². The van der Waals surface area contributed by atoms with E-state index in [1.807, 2.05) is 4.90 Å². The average molecular weight is 268 g/mol. The van der Waals surface area contributed by atoms with E-state index in [9.17, 15) is 4.79 Å². The van der Waals surface area contributed by atoms with E-state index in [4.69, 9.17) is 9.47 Å². The molecule has 7 nitrogen and oxygen atoms in total. The van der Waals surface area contributed by atoms with Crippen LogP contribution in [0.25, 0.3) is 0 Å². The van der Waals surface area contributed by atoms with Gasteiger partial charge in [0.25, 0.3) is 0 Å². The number of methoxy groups -OCH3 is 2. The van der Waals surface area contributed by atoms with Gasteiger partial charge in [-0.1, -0.05) is 0 Å². The molecule has 0 saturated carbocycles. The predicted octanol–water partition coefficient (Wildman–Crippen LogP) is -0.394. The summed E-state index contributed by atoms with van der Waals surface area (Å²) in [4.78, 5) is 18.1. The fraction of sp³-hybridized carbons (Fsp3) is 0.667. The van der Waals surface area contributed by atoms with Gasteiger partial charge in [0.05, 0.1) is 18.2 Å². The Morgan fingerprint density at radius 1 is 1.42 bits per heavy atom. The predicted molar refractivity (Wildman–Crippen MR) is 68.4 cm³/mol. The molecule has 1 aromatic heterocycles. The molecule has 0 bridgehead atoms. The van der Waals surface area contributed by atoms with Crippen LogP contribution >= 0.6 is 0 Å². The van der Waals surface area contributed by atoms with Crippen molar-refractivity contribution in [2.75, 3.05) is 40.4 Å². The van der Waals surface area contributed by atoms with Crippen molar-refractivity contribution in [2.24, 2.45) is 0 Å². The molecule has 1 amide bonds. The molecule has 1 N–H and O–H groups in total. The summed E-state index contributed by atoms with van der Waals surface area (Å²) in [6, 6.07) is 0. The van der Waals surface area contributed by atoms with Crippen molar-refractivity contribution < 1.29 is 14.3 Å². The lowest BCUT2D eigenvalue weighted by molar-refractivity contribution is -0.133. The third-order valence-electron chi connectivity index (χ3n) is 3.19. The molecule has 19 heavy (non-hydrogen) atoms. The fourth-order valence-electron chi connectivity index (χ4n) is 2.16. The average Bonchev–Trinajstić information content (AvgIpc) is 2.89. The third-order valence-corrected chi connectivity index (χ3v) is 3.19. The summed E-state index contributed by atoms with van der Waals surface area (Å²) < 4.78 is 12.2. The summed E-state index contributed by atoms with van der Waals surface area (Å²) in [6.45, 7) is 3.46. The normalized spacial score (nSPS) is 16.1. The van der Waals surface area contributed by atoms with E-state index in [0.717, 1.165) is 31.9 Å². The highest BCUT2D eigenvalue weighted by Gasteiger charge is 2.20. The molecule has 1 fully saturated rings. The molecule has 0 unspecified atom stereocenters. The summed E-state index contributed by atoms with van der Waals surface area (Å²) >= 11 is 0. The Hall–Kier alpha value is -1.44. The number of ether oxygens (including phenoxy) is 2. The van der Waals surface area contributed by atoms with Crippen LogP contribution in [-0.4, -0.2) is 60.8 Å². The monoisotopic (exact) mass is 268 g/mol. The first-order chi connectivity index (χ1) is 9.26. The molecule has 0 spiro atoms. The van der Waals surface area contributed by atoms with Crippen LogP contribution in [0.3, 0.4) is 0 Å². The van der Waals surface area contributed by atoms with Crippen molar-refractivity contribution in [3.05, 3.63) is 18.2 Å². The zero-order valence-electron chi connectivity index (χ0n) is 11.3. The molecular weight excluding hydrogens is 248 g/mol. The van der Waals surface area contributed by atoms with Gasteiger partial charge in [0.2, 0.25) is 5.91 Å². The Labute approximate surface area is 112 Å². The number of amides is 1. The number of imidazole rings is 1. The number of carbonyl (C=O) groups is 1. The minimum Gasteiger partial charge on any atom is -0.350 e. The molecule has 1 aliphatic heterocycles. The van der Waals surface area contributed by atoms with Crippen LogP contribution in [0.5, 0.6) is 0 Å². The van der Waals surface area contributed by atoms with E-state index in [-0.39, 0.29) is 12.5 Å². The minimum absolute atomic E-state index is 0.0895. The van der Waals surface area contributed by atoms with Crippen LogP contribution in [0.4, 0.5) is 0 Å². The van der Waals surface area contributed by atoms with E-state index < -0.39 is 6.29 Å². The third kappa shape index (κ3) is 3.31. The number of rotatable bonds is 5. The van der Waals surface area contributed by atoms with Gasteiger partial charge in [-0.15, -0.1) is 0 Å². The number of piperazine rings is 1. The van der Waals surface area contributed by atoms with Gasteiger partial charge in [0, 0.05) is 40.4 Å². The van der Waals surface area contributed by atoms with Crippen molar-refractivity contribution in [3.63, 3.8) is 0 Å². The van der Waals surface area contributed by atoms with Gasteiger partial charge in [-0.05, 0) is 0 Å². The lowest BCUT2D eigenvalue weighted by atomic mass is 10.3. The maximum atomic E-state index is 12.2. The molecule has 1 saturated heterocycles. The highest BCUT2D eigenvalue weighted by Crippen LogP contribution is 2.16. The summed E-state index contributed by atoms with van der Waals surface area (Å²) in [6.07, 6.45) is 2.78. The number of hydrogen-bond donors (Lipinski definition) is 1. The second kappa shape index (κ2) is 6.65. The lowest BCUT2D eigenvalue weighted by Crippen LogP contribution is -2.47. The summed E-state index contributed by atoms with van der Waals surface area (Å²) in [5.74, 6) is 0.0895. The van der Waals surface area contributed by atoms with Gasteiger partial charge in [-0.3, -0.25) is 4.79 Å². The molecule has 0 atom stereocenters. The molecule has 1 aromatic rings. The van der Waals surface area contributed by atoms with Crippen LogP contribution < -0.4 is 5.32 Å². The Kier molecular flexibility index (Phi) is 4.89. The van der Waals surface area contributed by atoms with Crippen LogP contribution in [0, 0.1) is 0 Å². The Morgan fingerprint density at radius 3 is 2.74 bits per heavy atom. The highest BCUT2D eigenvalue weighted by atomic mass is 16.7. The number of carbonyl (C=O) groups excluding carboxylic acids is 1. The van der Waals surface area contributed by atoms with E-state index in [0.29, 0.717) is 0 Å². The fourth-order valence-corrected chi connectivity index (χ4v) is 2.16. The highest BCUT2D eigenvalue weighted by molar-refractivity contribution is 5.76. The molecule has 0 radical (unpaired) electrons. The first-order valence-corrected chi connectivity index (χ1v) is 6.30. The molecule has 1 aliphatic rings. The van der Waals surface area contributed by atoms with Gasteiger partial charge in [0.15, 0.2) is 6.29 Å². The molecule has 0 aliphatic carbocycles. The Balaban J connectivity index is 2.02. The van der Waals surface area contributed by atoms with E-state index in [1.165, 1.54) is 0 Å². The number of nitrogens with zero attached hydrogens (tertiary/aromatic N) is 3. The van der Waals surface area contributed by atoms with Gasteiger partial charge in [-0.25, -0.2) is 4.98 Å². The number of nitrogens with one attached hydrogen (secondary N) is 1. The van der Waals surface area contributed by atoms with Crippen molar-refractivity contribution in [1.29, 1.82) is 0 Å². The maximum Gasteiger partial charge on any atom is 0.242 e. The van der Waals surface area contributed by atoms with Gasteiger partial charge >= 0.3 is 0 Å². The SMILES string of the molecule is COC(OC)c1cncn1CC(=O)N1CCNCC1. The Bertz CT molecular complexity index is 411. The number of hydrogen-bond acceptors (Lipinski definition) is 5. The second-order valence-electron chi connectivity index (χ2n) is 4.38. The first kappa shape index (κ1) is 14.0. The largest absolute Gasteiger partial charge is 0.350 e. The van der Waals surface area contributed by atoms with Gasteiger partial charge in [0.1, 0.15) is 6.54 Å². The van der Waals surface area contributed by atoms with Crippen molar-refractivity contribution in [1.82, 2.24) is 19.8 Å². The van der Waals surface area contributed by atoms with Gasteiger partial charge < -0.3 is 24.3 Å². The first-order valence-electron chi connectivity index (χ1n) is 6.30. The zero-order chi connectivity index (χ0) is 13.7. The molecule has 106 valence electrons. The standard InChI is InChI=1S/C12H20N4O3/c1-18-12(19-2)10-7-14-9-16(10)8-11(17)15-5-3-13-4-6-15/h7,9,12-13H,3-6,8H2,1-2H3. The van der Waals surface area contributed by atoms with Crippen molar-refractivity contribution in [2.45, 2.75) is 12.8 Å². The number of aromatic nitrogens is 2. The second-order valence-corrected chi connectivity index (χ2v) is 4.38. The van der Waals surface area contributed by atoms with E-state index in [1.54, 1.807) is 31.3 Å². The summed E-state index contributed by atoms with van der Waals surface area (Å²) in [5.41, 5.74) is 0.744. The molecule has 2 heterocycles. The Morgan fingerprint density at radius 2 is 2.11 bits per heavy atom.